The highest BCUT2D eigenvalue weighted by atomic mass is 13.0. The normalized spacial score (nSPS) is 2.67. The van der Waals surface area contributed by atoms with Gasteiger partial charge in [0, 0.05) is 0 Å². The fourth-order valence-corrected chi connectivity index (χ4v) is 0. The van der Waals surface area contributed by atoms with Crippen LogP contribution in [0.15, 0.2) is 0 Å². The molecule has 0 aromatic carbocycles. The van der Waals surface area contributed by atoms with Crippen LogP contribution in [0.3, 0.4) is 0 Å². The lowest BCUT2D eigenvalue weighted by atomic mass is 11.0. The van der Waals surface area contributed by atoms with E-state index in [4.69, 9.17) is 0 Å². The van der Waals surface area contributed by atoms with Crippen LogP contribution in [0.2, 0.25) is 0 Å². The summed E-state index contributed by atoms with van der Waals surface area (Å²) in [5.74, 6) is 0. The van der Waals surface area contributed by atoms with Crippen molar-refractivity contribution in [2.24, 2.45) is 0 Å². The van der Waals surface area contributed by atoms with Crippen molar-refractivity contribution in [2.75, 3.05) is 0 Å². The third kappa shape index (κ3) is 0. The molecule has 0 nitrogen and oxygen atoms in total. The van der Waals surface area contributed by atoms with Gasteiger partial charge < -0.3 is 0 Å². The lowest BCUT2D eigenvalue weighted by Crippen LogP contribution is -0.856. The van der Waals surface area contributed by atoms with Gasteiger partial charge in [0.2, 0.25) is 0 Å². The number of hydrogen-bond acceptors (Lipinski definition) is 0. The van der Waals surface area contributed by atoms with Gasteiger partial charge in [0.15, 0.2) is 0 Å². The van der Waals surface area contributed by atoms with Gasteiger partial charge in [-0.1, -0.05) is 188 Å². The molecule has 0 aromatic rings. The van der Waals surface area contributed by atoms with E-state index in [0.29, 0.717) is 0 Å². The fourth-order valence-electron chi connectivity index (χ4n) is 0. The van der Waals surface area contributed by atoms with Crippen molar-refractivity contribution >= 4 is 0 Å². The summed E-state index contributed by atoms with van der Waals surface area (Å²) in [5.41, 5.74) is 0. The van der Waals surface area contributed by atoms with E-state index < -0.39 is 0 Å². The maximum absolute atomic E-state index is 2.00. The molecule has 0 aliphatic rings. The Kier molecular flexibility index (Phi) is 0. The average molecular weight is 409 g/mol. The maximum Gasteiger partial charge on any atom is -0.0683 e. The van der Waals surface area contributed by atoms with Crippen LogP contribution in [0.25, 0.3) is 0 Å². The van der Waals surface area contributed by atoms with Crippen LogP contribution in [0.5, 0.6) is 0 Å². The van der Waals surface area contributed by atoms with E-state index in [2.05, 4.69) is 0 Å². The Morgan fingerprint density at radius 2 is 0.111 bits per heavy atom. The molecule has 0 saturated heterocycles. The molecule has 0 saturated carbocycles. The third-order valence-electron chi connectivity index (χ3n) is 0. The molecule has 0 heteroatoms. The minimum Gasteiger partial charge on any atom is -0.0776 e. The standard InChI is InChI=1S/12C2H6.3CH4/c12*1-2;;;/h12*1-2H3;3*1H4. The molecule has 0 amide bonds. The summed E-state index contributed by atoms with van der Waals surface area (Å²) in [5, 5.41) is 0. The van der Waals surface area contributed by atoms with Crippen molar-refractivity contribution in [3.05, 3.63) is 0 Å². The molecule has 0 heterocycles. The van der Waals surface area contributed by atoms with Gasteiger partial charge in [-0.3, -0.25) is 0 Å². The molecule has 0 aromatic heterocycles. The molecular weight excluding hydrogens is 324 g/mol. The van der Waals surface area contributed by atoms with Crippen molar-refractivity contribution < 1.29 is 0 Å². The molecular formula is C27H84. The summed E-state index contributed by atoms with van der Waals surface area (Å²) in [6.07, 6.45) is 0. The number of hydrogen-bond donors (Lipinski definition) is 0. The molecule has 0 aliphatic carbocycles. The van der Waals surface area contributed by atoms with Crippen LogP contribution in [-0.4, -0.2) is 0 Å². The highest BCUT2D eigenvalue weighted by Gasteiger charge is 0.954. The molecule has 27 heavy (non-hydrogen) atoms. The lowest BCUT2D eigenvalue weighted by molar-refractivity contribution is 1.50. The molecule has 0 N–H and O–H groups in total. The van der Waals surface area contributed by atoms with Gasteiger partial charge in [-0.05, 0) is 0 Å². The third-order valence-corrected chi connectivity index (χ3v) is 0. The average Bonchev–Trinajstić information content (AvgIpc) is 2.84. The zero-order chi connectivity index (χ0) is 24.0. The monoisotopic (exact) mass is 409 g/mol. The van der Waals surface area contributed by atoms with Crippen molar-refractivity contribution in [1.29, 1.82) is 0 Å². The summed E-state index contributed by atoms with van der Waals surface area (Å²) >= 11 is 0. The van der Waals surface area contributed by atoms with E-state index in [1.165, 1.54) is 0 Å². The van der Waals surface area contributed by atoms with Gasteiger partial charge in [0.1, 0.15) is 0 Å². The van der Waals surface area contributed by atoms with Gasteiger partial charge in [0.05, 0.1) is 0 Å². The summed E-state index contributed by atoms with van der Waals surface area (Å²) in [7, 11) is 0. The van der Waals surface area contributed by atoms with E-state index in [0.717, 1.165) is 0 Å². The first-order chi connectivity index (χ1) is 12.0. The Bertz CT molecular complexity index is 0. The zero-order valence-corrected chi connectivity index (χ0v) is 24.0. The van der Waals surface area contributed by atoms with E-state index in [9.17, 15) is 0 Å². The summed E-state index contributed by atoms with van der Waals surface area (Å²) in [6.45, 7) is 48.0. The van der Waals surface area contributed by atoms with Crippen molar-refractivity contribution in [3.63, 3.8) is 0 Å². The van der Waals surface area contributed by atoms with Gasteiger partial charge in [-0.15, -0.1) is 0 Å². The van der Waals surface area contributed by atoms with E-state index in [-0.39, 0.29) is 22.3 Å². The van der Waals surface area contributed by atoms with Crippen LogP contribution in [0.1, 0.15) is 188 Å². The van der Waals surface area contributed by atoms with E-state index in [1.807, 2.05) is 166 Å². The van der Waals surface area contributed by atoms with Crippen LogP contribution in [0, 0.1) is 0 Å². The maximum atomic E-state index is 2.00. The van der Waals surface area contributed by atoms with E-state index in [1.54, 1.807) is 0 Å². The molecule has 192 valence electrons. The van der Waals surface area contributed by atoms with Crippen LogP contribution >= 0.6 is 0 Å². The Hall–Kier alpha value is 0. The van der Waals surface area contributed by atoms with Gasteiger partial charge >= 0.3 is 0 Å². The lowest BCUT2D eigenvalue weighted by Gasteiger charge is -1.07. The zero-order valence-electron chi connectivity index (χ0n) is 24.0. The van der Waals surface area contributed by atoms with E-state index >= 15 is 0 Å². The van der Waals surface area contributed by atoms with Crippen LogP contribution in [-0.2, 0) is 0 Å². The summed E-state index contributed by atoms with van der Waals surface area (Å²) in [4.78, 5) is 0. The molecule has 0 rings (SSSR count). The Labute approximate surface area is 188 Å². The first-order valence-electron chi connectivity index (χ1n) is 12.0. The quantitative estimate of drug-likeness (QED) is 0.373. The highest BCUT2D eigenvalue weighted by molar-refractivity contribution is 3.53. The Balaban J connectivity index is -0.00000000443. The molecule has 0 aliphatic heterocycles. The molecule has 0 atom stereocenters. The van der Waals surface area contributed by atoms with Gasteiger partial charge in [-0.2, -0.15) is 0 Å². The van der Waals surface area contributed by atoms with Gasteiger partial charge in [0.25, 0.3) is 0 Å². The van der Waals surface area contributed by atoms with Crippen molar-refractivity contribution in [3.8, 4) is 0 Å². The molecule has 0 bridgehead atoms. The topological polar surface area (TPSA) is 0 Å². The Morgan fingerprint density at radius 3 is 0.111 bits per heavy atom. The van der Waals surface area contributed by atoms with Crippen LogP contribution in [0.4, 0.5) is 0 Å². The predicted molar refractivity (Wildman–Crippen MR) is 156 cm³/mol. The second kappa shape index (κ2) is 0. The molecule has 0 spiro atoms. The predicted octanol–water partition coefficient (Wildman–Crippen LogP) is 14.2. The number of rotatable bonds is 0. The second-order valence-electron chi connectivity index (χ2n) is 0. The first-order valence-corrected chi connectivity index (χ1v) is 12.0. The Morgan fingerprint density at radius 1 is 0.111 bits per heavy atom. The second-order valence-corrected chi connectivity index (χ2v) is 0. The SMILES string of the molecule is C.C.C.CC.CC.CC.CC.CC.CC.CC.CC.CC.CC.CC.CC. The minimum atomic E-state index is 0. The van der Waals surface area contributed by atoms with Crippen molar-refractivity contribution in [2.45, 2.75) is 188 Å². The van der Waals surface area contributed by atoms with Crippen LogP contribution < -0.4 is 0 Å². The molecule has 0 fully saturated rings. The molecule has 0 radical (unpaired) electrons. The van der Waals surface area contributed by atoms with Gasteiger partial charge in [-0.25, -0.2) is 0 Å². The summed E-state index contributed by atoms with van der Waals surface area (Å²) < 4.78 is 0. The summed E-state index contributed by atoms with van der Waals surface area (Å²) in [6, 6.07) is 0. The molecule has 0 unspecified atom stereocenters. The first kappa shape index (κ1) is 127. The minimum absolute atomic E-state index is 0. The smallest absolute Gasteiger partial charge is 0.0683 e. The van der Waals surface area contributed by atoms with Crippen molar-refractivity contribution in [1.82, 2.24) is 0 Å². The highest BCUT2D eigenvalue weighted by Crippen LogP contribution is 1.17. The largest absolute Gasteiger partial charge is 0.0776 e. The fraction of sp³-hybridized carbons (Fsp3) is 1.00.